The highest BCUT2D eigenvalue weighted by molar-refractivity contribution is 8.14. The van der Waals surface area contributed by atoms with Gasteiger partial charge in [0.05, 0.1) is 49.6 Å². The van der Waals surface area contributed by atoms with E-state index < -0.39 is 0 Å². The van der Waals surface area contributed by atoms with Gasteiger partial charge in [0.2, 0.25) is 0 Å². The van der Waals surface area contributed by atoms with Crippen molar-refractivity contribution in [2.45, 2.75) is 32.7 Å². The number of aromatic nitrogens is 1. The molecule has 9 nitrogen and oxygen atoms in total. The number of anilines is 3. The summed E-state index contributed by atoms with van der Waals surface area (Å²) in [5.74, 6) is 1.50. The minimum Gasteiger partial charge on any atom is -0.492 e. The quantitative estimate of drug-likeness (QED) is 0.200. The van der Waals surface area contributed by atoms with Crippen molar-refractivity contribution in [2.75, 3.05) is 61.7 Å². The Hall–Kier alpha value is -4.12. The predicted molar refractivity (Wildman–Crippen MR) is 186 cm³/mol. The fourth-order valence-corrected chi connectivity index (χ4v) is 6.34. The lowest BCUT2D eigenvalue weighted by Gasteiger charge is -2.26. The van der Waals surface area contributed by atoms with Crippen molar-refractivity contribution in [1.82, 2.24) is 9.88 Å². The van der Waals surface area contributed by atoms with Crippen LogP contribution in [0.25, 0.3) is 21.9 Å². The number of morpholine rings is 1. The summed E-state index contributed by atoms with van der Waals surface area (Å²) in [6.45, 7) is 11.4. The lowest BCUT2D eigenvalue weighted by Crippen LogP contribution is -2.35. The second kappa shape index (κ2) is 13.5. The molecule has 0 bridgehead atoms. The summed E-state index contributed by atoms with van der Waals surface area (Å²) in [5, 5.41) is 12.4. The van der Waals surface area contributed by atoms with E-state index in [9.17, 15) is 4.79 Å². The number of amidine groups is 1. The van der Waals surface area contributed by atoms with Crippen LogP contribution in [-0.4, -0.2) is 66.8 Å². The molecule has 0 spiro atoms. The van der Waals surface area contributed by atoms with E-state index in [-0.39, 0.29) is 11.4 Å². The fourth-order valence-electron chi connectivity index (χ4n) is 5.59. The van der Waals surface area contributed by atoms with Crippen LogP contribution < -0.4 is 20.7 Å². The van der Waals surface area contributed by atoms with Gasteiger partial charge in [-0.15, -0.1) is 0 Å². The summed E-state index contributed by atoms with van der Waals surface area (Å²) in [6, 6.07) is 20.0. The highest BCUT2D eigenvalue weighted by Gasteiger charge is 2.22. The number of nitrogens with zero attached hydrogens (tertiary/aromatic N) is 3. The van der Waals surface area contributed by atoms with Gasteiger partial charge in [-0.05, 0) is 46.2 Å². The smallest absolute Gasteiger partial charge is 0.323 e. The summed E-state index contributed by atoms with van der Waals surface area (Å²) in [7, 11) is 1.61. The molecule has 1 saturated heterocycles. The Morgan fingerprint density at radius 3 is 2.42 bits per heavy atom. The van der Waals surface area contributed by atoms with E-state index in [1.165, 1.54) is 0 Å². The van der Waals surface area contributed by atoms with Gasteiger partial charge in [-0.3, -0.25) is 14.9 Å². The second-order valence-electron chi connectivity index (χ2n) is 12.2. The van der Waals surface area contributed by atoms with E-state index >= 15 is 0 Å². The Bertz CT molecular complexity index is 1710. The topological polar surface area (TPSA) is 100 Å². The Kier molecular flexibility index (Phi) is 9.25. The van der Waals surface area contributed by atoms with Crippen molar-refractivity contribution < 1.29 is 14.3 Å². The number of ether oxygens (including phenoxy) is 2. The molecule has 2 amide bonds. The van der Waals surface area contributed by atoms with Crippen molar-refractivity contribution in [2.24, 2.45) is 4.99 Å². The Morgan fingerprint density at radius 1 is 0.978 bits per heavy atom. The Morgan fingerprint density at radius 2 is 1.73 bits per heavy atom. The third-order valence-electron chi connectivity index (χ3n) is 8.03. The SMILES string of the molecule is COc1c(NC(=O)Nc2ccc(-c3ccc(CN4CCOCC4)nc3)c3ccccc23)cc(C(C)(C)C)cc1NC1=NCCS1. The van der Waals surface area contributed by atoms with Crippen molar-refractivity contribution in [3.8, 4) is 16.9 Å². The summed E-state index contributed by atoms with van der Waals surface area (Å²) < 4.78 is 11.3. The number of thioether (sulfide) groups is 1. The van der Waals surface area contributed by atoms with Crippen LogP contribution in [0.4, 0.5) is 21.9 Å². The van der Waals surface area contributed by atoms with Crippen molar-refractivity contribution in [1.29, 1.82) is 0 Å². The summed E-state index contributed by atoms with van der Waals surface area (Å²) >= 11 is 1.67. The van der Waals surface area contributed by atoms with E-state index in [4.69, 9.17) is 14.5 Å². The van der Waals surface area contributed by atoms with Crippen LogP contribution in [0, 0.1) is 0 Å². The van der Waals surface area contributed by atoms with Crippen molar-refractivity contribution >= 4 is 50.8 Å². The van der Waals surface area contributed by atoms with E-state index in [1.54, 1.807) is 18.9 Å². The van der Waals surface area contributed by atoms with Crippen LogP contribution in [0.5, 0.6) is 5.75 Å². The third kappa shape index (κ3) is 7.24. The van der Waals surface area contributed by atoms with Crippen LogP contribution >= 0.6 is 11.8 Å². The predicted octanol–water partition coefficient (Wildman–Crippen LogP) is 7.20. The number of methoxy groups -OCH3 is 1. The minimum absolute atomic E-state index is 0.151. The van der Waals surface area contributed by atoms with Crippen LogP contribution in [0.15, 0.2) is 71.9 Å². The molecule has 3 heterocycles. The number of hydrogen-bond donors (Lipinski definition) is 3. The molecule has 1 fully saturated rings. The molecule has 0 saturated carbocycles. The molecule has 6 rings (SSSR count). The molecule has 45 heavy (non-hydrogen) atoms. The molecule has 0 aliphatic carbocycles. The molecule has 234 valence electrons. The minimum atomic E-state index is -0.357. The van der Waals surface area contributed by atoms with E-state index in [1.807, 2.05) is 42.6 Å². The van der Waals surface area contributed by atoms with Gasteiger partial charge in [-0.25, -0.2) is 4.79 Å². The number of benzene rings is 3. The van der Waals surface area contributed by atoms with Gasteiger partial charge in [-0.2, -0.15) is 0 Å². The zero-order valence-electron chi connectivity index (χ0n) is 26.3. The molecule has 3 aromatic carbocycles. The number of nitrogens with one attached hydrogen (secondary N) is 3. The third-order valence-corrected chi connectivity index (χ3v) is 8.92. The molecular formula is C35H40N6O3S. The van der Waals surface area contributed by atoms with Gasteiger partial charge < -0.3 is 25.4 Å². The zero-order chi connectivity index (χ0) is 31.4. The average Bonchev–Trinajstić information content (AvgIpc) is 3.55. The first kappa shape index (κ1) is 30.9. The molecule has 2 aliphatic rings. The molecule has 4 aromatic rings. The number of aliphatic imine (C=N–C) groups is 1. The normalized spacial score (nSPS) is 15.5. The molecule has 0 unspecified atom stereocenters. The highest BCUT2D eigenvalue weighted by atomic mass is 32.2. The van der Waals surface area contributed by atoms with Gasteiger partial charge in [-0.1, -0.05) is 68.9 Å². The maximum Gasteiger partial charge on any atom is 0.323 e. The monoisotopic (exact) mass is 624 g/mol. The summed E-state index contributed by atoms with van der Waals surface area (Å²) in [5.41, 5.74) is 6.10. The van der Waals surface area contributed by atoms with E-state index in [0.29, 0.717) is 17.1 Å². The first-order valence-corrected chi connectivity index (χ1v) is 16.3. The number of hydrogen-bond acceptors (Lipinski definition) is 8. The Balaban J connectivity index is 1.24. The van der Waals surface area contributed by atoms with Gasteiger partial charge in [0, 0.05) is 42.5 Å². The summed E-state index contributed by atoms with van der Waals surface area (Å²) in [4.78, 5) is 25.2. The number of fused-ring (bicyclic) bond motifs is 1. The average molecular weight is 625 g/mol. The highest BCUT2D eigenvalue weighted by Crippen LogP contribution is 2.40. The lowest BCUT2D eigenvalue weighted by atomic mass is 9.86. The van der Waals surface area contributed by atoms with Crippen LogP contribution in [0.1, 0.15) is 32.0 Å². The summed E-state index contributed by atoms with van der Waals surface area (Å²) in [6.07, 6.45) is 1.94. The molecular weight excluding hydrogens is 584 g/mol. The van der Waals surface area contributed by atoms with E-state index in [0.717, 1.165) is 89.2 Å². The van der Waals surface area contributed by atoms with Crippen LogP contribution in [0.3, 0.4) is 0 Å². The standard InChI is InChI=1S/C35H40N6O3S/c1-35(2,3)24-19-30(32(43-4)31(20-24)40-34-36-13-18-45-34)39-33(42)38-29-12-11-26(27-7-5-6-8-28(27)29)23-9-10-25(37-21-23)22-41-14-16-44-17-15-41/h5-12,19-21H,13-18,22H2,1-4H3,(H,36,40)(H2,38,39,42). The largest absolute Gasteiger partial charge is 0.492 e. The zero-order valence-corrected chi connectivity index (χ0v) is 27.1. The van der Waals surface area contributed by atoms with Gasteiger partial charge in [0.25, 0.3) is 0 Å². The molecule has 0 radical (unpaired) electrons. The number of carbonyl (C=O) groups is 1. The molecule has 2 aliphatic heterocycles. The van der Waals surface area contributed by atoms with Gasteiger partial charge in [0.1, 0.15) is 0 Å². The number of carbonyl (C=O) groups excluding carboxylic acids is 1. The Labute approximate surface area is 268 Å². The number of rotatable bonds is 7. The first-order chi connectivity index (χ1) is 21.8. The molecule has 3 N–H and O–H groups in total. The van der Waals surface area contributed by atoms with E-state index in [2.05, 4.69) is 70.9 Å². The number of amides is 2. The molecule has 0 atom stereocenters. The first-order valence-electron chi connectivity index (χ1n) is 15.3. The molecule has 1 aromatic heterocycles. The number of urea groups is 1. The maximum atomic E-state index is 13.5. The van der Waals surface area contributed by atoms with Gasteiger partial charge >= 0.3 is 6.03 Å². The second-order valence-corrected chi connectivity index (χ2v) is 13.3. The van der Waals surface area contributed by atoms with Crippen molar-refractivity contribution in [3.63, 3.8) is 0 Å². The van der Waals surface area contributed by atoms with Gasteiger partial charge in [0.15, 0.2) is 10.9 Å². The lowest BCUT2D eigenvalue weighted by molar-refractivity contribution is 0.0336. The fraction of sp³-hybridized carbons (Fsp3) is 0.343. The van der Waals surface area contributed by atoms with Crippen molar-refractivity contribution in [3.05, 3.63) is 78.1 Å². The van der Waals surface area contributed by atoms with Crippen LogP contribution in [-0.2, 0) is 16.7 Å². The van der Waals surface area contributed by atoms with Crippen LogP contribution in [0.2, 0.25) is 0 Å². The molecule has 10 heteroatoms. The number of pyridine rings is 1. The maximum absolute atomic E-state index is 13.5.